The number of fused-ring (bicyclic) bond motifs is 1. The Balaban J connectivity index is 1.45. The number of tetrazole rings is 1. The van der Waals surface area contributed by atoms with E-state index in [-0.39, 0.29) is 5.91 Å². The summed E-state index contributed by atoms with van der Waals surface area (Å²) in [5.41, 5.74) is 6.99. The van der Waals surface area contributed by atoms with E-state index >= 15 is 0 Å². The lowest BCUT2D eigenvalue weighted by Gasteiger charge is -2.15. The summed E-state index contributed by atoms with van der Waals surface area (Å²) in [5.74, 6) is 0.754. The minimum atomic E-state index is 0.179. The largest absolute Gasteiger partial charge is 0.334 e. The SMILES string of the molecule is Cc1ccc(CCC(=O)N2Cc3cccc(-c4nn[nH]n4)c3C2)cc1C. The maximum Gasteiger partial charge on any atom is 0.223 e. The molecule has 2 heterocycles. The molecule has 1 aromatic heterocycles. The molecule has 1 aliphatic heterocycles. The van der Waals surface area contributed by atoms with E-state index in [9.17, 15) is 4.79 Å². The van der Waals surface area contributed by atoms with Crippen LogP contribution in [-0.2, 0) is 24.3 Å². The number of H-pyrrole nitrogens is 1. The number of hydrogen-bond donors (Lipinski definition) is 1. The second kappa shape index (κ2) is 6.71. The number of hydrogen-bond acceptors (Lipinski definition) is 4. The lowest BCUT2D eigenvalue weighted by atomic mass is 10.0. The zero-order chi connectivity index (χ0) is 18.1. The number of carbonyl (C=O) groups is 1. The van der Waals surface area contributed by atoms with Crippen LogP contribution in [0.25, 0.3) is 11.4 Å². The summed E-state index contributed by atoms with van der Waals surface area (Å²) < 4.78 is 0. The van der Waals surface area contributed by atoms with Gasteiger partial charge in [0.1, 0.15) is 0 Å². The third kappa shape index (κ3) is 3.10. The second-order valence-corrected chi connectivity index (χ2v) is 6.85. The monoisotopic (exact) mass is 347 g/mol. The van der Waals surface area contributed by atoms with Gasteiger partial charge in [-0.3, -0.25) is 4.79 Å². The molecule has 1 amide bonds. The van der Waals surface area contributed by atoms with E-state index in [1.165, 1.54) is 16.7 Å². The van der Waals surface area contributed by atoms with Gasteiger partial charge in [-0.1, -0.05) is 36.4 Å². The van der Waals surface area contributed by atoms with Crippen LogP contribution in [0.5, 0.6) is 0 Å². The molecule has 0 saturated heterocycles. The van der Waals surface area contributed by atoms with Crippen LogP contribution in [0, 0.1) is 13.8 Å². The van der Waals surface area contributed by atoms with Crippen molar-refractivity contribution in [2.45, 2.75) is 39.8 Å². The molecule has 1 aliphatic rings. The molecule has 4 rings (SSSR count). The third-order valence-corrected chi connectivity index (χ3v) is 5.12. The van der Waals surface area contributed by atoms with E-state index in [2.05, 4.69) is 58.7 Å². The second-order valence-electron chi connectivity index (χ2n) is 6.85. The van der Waals surface area contributed by atoms with Gasteiger partial charge in [0.15, 0.2) is 0 Å². The first-order valence-electron chi connectivity index (χ1n) is 8.80. The highest BCUT2D eigenvalue weighted by atomic mass is 16.2. The van der Waals surface area contributed by atoms with Crippen LogP contribution in [-0.4, -0.2) is 31.4 Å². The predicted molar refractivity (Wildman–Crippen MR) is 98.1 cm³/mol. The number of aryl methyl sites for hydroxylation is 3. The van der Waals surface area contributed by atoms with Gasteiger partial charge < -0.3 is 4.90 Å². The smallest absolute Gasteiger partial charge is 0.223 e. The minimum Gasteiger partial charge on any atom is -0.334 e. The molecule has 0 fully saturated rings. The van der Waals surface area contributed by atoms with Crippen molar-refractivity contribution in [2.75, 3.05) is 0 Å². The fraction of sp³-hybridized carbons (Fsp3) is 0.300. The summed E-state index contributed by atoms with van der Waals surface area (Å²) in [6.07, 6.45) is 1.29. The molecule has 6 nitrogen and oxygen atoms in total. The summed E-state index contributed by atoms with van der Waals surface area (Å²) in [6.45, 7) is 5.46. The van der Waals surface area contributed by atoms with Crippen LogP contribution in [0.4, 0.5) is 0 Å². The van der Waals surface area contributed by atoms with E-state index < -0.39 is 0 Å². The maximum absolute atomic E-state index is 12.7. The van der Waals surface area contributed by atoms with Gasteiger partial charge in [-0.2, -0.15) is 5.21 Å². The first kappa shape index (κ1) is 16.4. The van der Waals surface area contributed by atoms with Gasteiger partial charge in [0.25, 0.3) is 0 Å². The molecule has 0 saturated carbocycles. The quantitative estimate of drug-likeness (QED) is 0.787. The fourth-order valence-corrected chi connectivity index (χ4v) is 3.45. The molecule has 0 spiro atoms. The van der Waals surface area contributed by atoms with E-state index in [0.29, 0.717) is 25.3 Å². The lowest BCUT2D eigenvalue weighted by molar-refractivity contribution is -0.131. The van der Waals surface area contributed by atoms with Crippen LogP contribution in [0.3, 0.4) is 0 Å². The minimum absolute atomic E-state index is 0.179. The topological polar surface area (TPSA) is 74.8 Å². The Labute approximate surface area is 152 Å². The lowest BCUT2D eigenvalue weighted by Crippen LogP contribution is -2.25. The highest BCUT2D eigenvalue weighted by Crippen LogP contribution is 2.31. The number of nitrogens with one attached hydrogen (secondary N) is 1. The van der Waals surface area contributed by atoms with Gasteiger partial charge in [-0.25, -0.2) is 0 Å². The number of rotatable bonds is 4. The summed E-state index contributed by atoms with van der Waals surface area (Å²) in [5, 5.41) is 14.3. The van der Waals surface area contributed by atoms with Crippen LogP contribution in [0.15, 0.2) is 36.4 Å². The van der Waals surface area contributed by atoms with Crippen molar-refractivity contribution in [1.29, 1.82) is 0 Å². The summed E-state index contributed by atoms with van der Waals surface area (Å²) in [7, 11) is 0. The Hall–Kier alpha value is -3.02. The first-order chi connectivity index (χ1) is 12.6. The Morgan fingerprint density at radius 2 is 2.04 bits per heavy atom. The van der Waals surface area contributed by atoms with Crippen molar-refractivity contribution in [1.82, 2.24) is 25.5 Å². The molecule has 0 atom stereocenters. The first-order valence-corrected chi connectivity index (χ1v) is 8.80. The number of benzene rings is 2. The van der Waals surface area contributed by atoms with Gasteiger partial charge in [0.05, 0.1) is 0 Å². The van der Waals surface area contributed by atoms with E-state index in [0.717, 1.165) is 23.1 Å². The average Bonchev–Trinajstić information content (AvgIpc) is 3.31. The van der Waals surface area contributed by atoms with E-state index in [1.807, 2.05) is 17.0 Å². The van der Waals surface area contributed by atoms with Crippen LogP contribution in [0.1, 0.15) is 34.2 Å². The Morgan fingerprint density at radius 1 is 1.15 bits per heavy atom. The molecule has 0 unspecified atom stereocenters. The van der Waals surface area contributed by atoms with E-state index in [1.54, 1.807) is 0 Å². The van der Waals surface area contributed by atoms with Crippen molar-refractivity contribution in [3.05, 3.63) is 64.2 Å². The summed E-state index contributed by atoms with van der Waals surface area (Å²) >= 11 is 0. The number of amides is 1. The Bertz CT molecular complexity index is 949. The zero-order valence-corrected chi connectivity index (χ0v) is 15.0. The van der Waals surface area contributed by atoms with Gasteiger partial charge >= 0.3 is 0 Å². The molecule has 3 aromatic rings. The molecule has 6 heteroatoms. The summed E-state index contributed by atoms with van der Waals surface area (Å²) in [6, 6.07) is 12.4. The van der Waals surface area contributed by atoms with Gasteiger partial charge in [0, 0.05) is 25.1 Å². The molecular formula is C20H21N5O. The summed E-state index contributed by atoms with van der Waals surface area (Å²) in [4.78, 5) is 14.6. The number of aromatic nitrogens is 4. The predicted octanol–water partition coefficient (Wildman–Crippen LogP) is 2.96. The van der Waals surface area contributed by atoms with Crippen LogP contribution < -0.4 is 0 Å². The molecule has 0 aliphatic carbocycles. The number of nitrogens with zero attached hydrogens (tertiary/aromatic N) is 4. The standard InChI is InChI=1S/C20H21N5O/c1-13-6-7-15(10-14(13)2)8-9-19(26)25-11-16-4-3-5-17(18(16)12-25)20-21-23-24-22-20/h3-7,10H,8-9,11-12H2,1-2H3,(H,21,22,23,24). The number of aromatic amines is 1. The molecule has 132 valence electrons. The van der Waals surface area contributed by atoms with Crippen LogP contribution in [0.2, 0.25) is 0 Å². The van der Waals surface area contributed by atoms with Gasteiger partial charge in [0.2, 0.25) is 11.7 Å². The molecule has 2 aromatic carbocycles. The maximum atomic E-state index is 12.7. The van der Waals surface area contributed by atoms with Crippen molar-refractivity contribution >= 4 is 5.91 Å². The van der Waals surface area contributed by atoms with Crippen molar-refractivity contribution in [2.24, 2.45) is 0 Å². The highest BCUT2D eigenvalue weighted by Gasteiger charge is 2.26. The van der Waals surface area contributed by atoms with Gasteiger partial charge in [-0.05, 0) is 53.3 Å². The molecular weight excluding hydrogens is 326 g/mol. The van der Waals surface area contributed by atoms with Gasteiger partial charge in [-0.15, -0.1) is 10.2 Å². The fourth-order valence-electron chi connectivity index (χ4n) is 3.45. The van der Waals surface area contributed by atoms with E-state index in [4.69, 9.17) is 0 Å². The molecule has 26 heavy (non-hydrogen) atoms. The van der Waals surface area contributed by atoms with Crippen molar-refractivity contribution < 1.29 is 4.79 Å². The molecule has 1 N–H and O–H groups in total. The van der Waals surface area contributed by atoms with Crippen molar-refractivity contribution in [3.8, 4) is 11.4 Å². The average molecular weight is 347 g/mol. The van der Waals surface area contributed by atoms with Crippen LogP contribution >= 0.6 is 0 Å². The van der Waals surface area contributed by atoms with Crippen molar-refractivity contribution in [3.63, 3.8) is 0 Å². The Morgan fingerprint density at radius 3 is 2.81 bits per heavy atom. The number of carbonyl (C=O) groups excluding carboxylic acids is 1. The zero-order valence-electron chi connectivity index (χ0n) is 15.0. The molecule has 0 bridgehead atoms. The normalized spacial score (nSPS) is 13.1. The highest BCUT2D eigenvalue weighted by molar-refractivity contribution is 5.78. The molecule has 0 radical (unpaired) electrons. The third-order valence-electron chi connectivity index (χ3n) is 5.12. The Kier molecular flexibility index (Phi) is 4.24.